The fraction of sp³-hybridized carbons (Fsp3) is 0.375. The number of hydrogen-bond donors (Lipinski definition) is 3. The predicted molar refractivity (Wildman–Crippen MR) is 102 cm³/mol. The number of nitrogens with zero attached hydrogens (tertiary/aromatic N) is 2. The zero-order valence-corrected chi connectivity index (χ0v) is 16.0. The van der Waals surface area contributed by atoms with E-state index >= 15 is 0 Å². The van der Waals surface area contributed by atoms with E-state index in [4.69, 9.17) is 12.2 Å². The van der Waals surface area contributed by atoms with Gasteiger partial charge in [-0.3, -0.25) is 4.98 Å². The van der Waals surface area contributed by atoms with E-state index in [-0.39, 0.29) is 18.7 Å². The van der Waals surface area contributed by atoms with Crippen LogP contribution in [0.25, 0.3) is 0 Å². The van der Waals surface area contributed by atoms with Crippen molar-refractivity contribution in [2.75, 3.05) is 13.2 Å². The first-order valence-corrected chi connectivity index (χ1v) is 8.96. The third kappa shape index (κ3) is 2.97. The zero-order chi connectivity index (χ0) is 16.6. The Morgan fingerprint density at radius 1 is 1.35 bits per heavy atom. The van der Waals surface area contributed by atoms with E-state index in [0.717, 1.165) is 17.1 Å². The maximum atomic E-state index is 9.46. The molecule has 23 heavy (non-hydrogen) atoms. The van der Waals surface area contributed by atoms with Crippen LogP contribution in [0.5, 0.6) is 0 Å². The number of pyridine rings is 1. The number of nitrogens with one attached hydrogen (secondary N) is 2. The van der Waals surface area contributed by atoms with Crippen LogP contribution in [0.2, 0.25) is 0 Å². The molecule has 3 heterocycles. The molecule has 2 aromatic rings. The lowest BCUT2D eigenvalue weighted by atomic mass is 9.97. The van der Waals surface area contributed by atoms with E-state index in [9.17, 15) is 5.11 Å². The van der Waals surface area contributed by atoms with Crippen molar-refractivity contribution in [2.24, 2.45) is 0 Å². The second-order valence-electron chi connectivity index (χ2n) is 5.65. The molecule has 0 radical (unpaired) electrons. The van der Waals surface area contributed by atoms with Crippen LogP contribution in [0.4, 0.5) is 0 Å². The minimum absolute atomic E-state index is 0.0152. The van der Waals surface area contributed by atoms with E-state index in [0.29, 0.717) is 11.7 Å². The molecule has 1 aliphatic heterocycles. The van der Waals surface area contributed by atoms with Crippen molar-refractivity contribution < 1.29 is 5.11 Å². The van der Waals surface area contributed by atoms with Gasteiger partial charge in [-0.1, -0.05) is 6.07 Å². The lowest BCUT2D eigenvalue weighted by Crippen LogP contribution is -2.32. The standard InChI is InChI=1S/C16H19IN4OS/c1-9-12(13(17)10(2)19-9)15-14(11-5-3-4-6-18-11)20-16(23)21(15)7-8-22/h3-6,14-15,19,22H,7-8H2,1-2H3,(H,20,23)/t14-,15+/m0/s1. The molecular weight excluding hydrogens is 423 g/mol. The van der Waals surface area contributed by atoms with Crippen molar-refractivity contribution in [3.05, 3.63) is 50.6 Å². The number of aliphatic hydroxyl groups excluding tert-OH is 1. The van der Waals surface area contributed by atoms with Crippen LogP contribution < -0.4 is 5.32 Å². The van der Waals surface area contributed by atoms with Gasteiger partial charge in [0.15, 0.2) is 5.11 Å². The first-order chi connectivity index (χ1) is 11.0. The third-order valence-corrected chi connectivity index (χ3v) is 5.92. The highest BCUT2D eigenvalue weighted by atomic mass is 127. The second-order valence-corrected chi connectivity index (χ2v) is 7.11. The Morgan fingerprint density at radius 2 is 2.13 bits per heavy atom. The second kappa shape index (κ2) is 6.74. The van der Waals surface area contributed by atoms with Gasteiger partial charge < -0.3 is 20.3 Å². The molecule has 3 N–H and O–H groups in total. The largest absolute Gasteiger partial charge is 0.395 e. The van der Waals surface area contributed by atoms with Crippen LogP contribution in [-0.2, 0) is 0 Å². The highest BCUT2D eigenvalue weighted by molar-refractivity contribution is 14.1. The molecule has 0 bridgehead atoms. The molecule has 0 aromatic carbocycles. The van der Waals surface area contributed by atoms with Crippen molar-refractivity contribution in [3.8, 4) is 0 Å². The molecule has 0 saturated carbocycles. The number of rotatable bonds is 4. The van der Waals surface area contributed by atoms with Crippen LogP contribution in [0.1, 0.15) is 34.7 Å². The predicted octanol–water partition coefficient (Wildman–Crippen LogP) is 2.60. The van der Waals surface area contributed by atoms with Crippen LogP contribution in [0, 0.1) is 17.4 Å². The van der Waals surface area contributed by atoms with Gasteiger partial charge in [0.05, 0.1) is 24.4 Å². The number of aryl methyl sites for hydroxylation is 2. The average Bonchev–Trinajstić information content (AvgIpc) is 2.98. The van der Waals surface area contributed by atoms with Crippen molar-refractivity contribution in [2.45, 2.75) is 25.9 Å². The lowest BCUT2D eigenvalue weighted by molar-refractivity contribution is 0.222. The Kier molecular flexibility index (Phi) is 4.88. The summed E-state index contributed by atoms with van der Waals surface area (Å²) in [5.41, 5.74) is 4.46. The number of hydrogen-bond acceptors (Lipinski definition) is 3. The van der Waals surface area contributed by atoms with Gasteiger partial charge in [0.25, 0.3) is 0 Å². The number of β-amino-alcohol motifs (C(OH)–C–C–N with tert-alkyl or cyclic N) is 1. The van der Waals surface area contributed by atoms with Gasteiger partial charge in [-0.25, -0.2) is 0 Å². The van der Waals surface area contributed by atoms with Gasteiger partial charge in [0.2, 0.25) is 0 Å². The fourth-order valence-corrected chi connectivity index (χ4v) is 4.38. The molecule has 1 fully saturated rings. The maximum Gasteiger partial charge on any atom is 0.170 e. The first kappa shape index (κ1) is 16.7. The van der Waals surface area contributed by atoms with Crippen molar-refractivity contribution >= 4 is 39.9 Å². The molecule has 0 amide bonds. The molecule has 122 valence electrons. The van der Waals surface area contributed by atoms with Crippen LogP contribution in [-0.4, -0.2) is 38.2 Å². The van der Waals surface area contributed by atoms with Crippen molar-refractivity contribution in [3.63, 3.8) is 0 Å². The Labute approximate surface area is 154 Å². The van der Waals surface area contributed by atoms with E-state index in [2.05, 4.69) is 56.6 Å². The molecule has 1 aliphatic rings. The summed E-state index contributed by atoms with van der Waals surface area (Å²) in [5, 5.41) is 13.5. The highest BCUT2D eigenvalue weighted by Crippen LogP contribution is 2.42. The molecule has 0 aliphatic carbocycles. The minimum Gasteiger partial charge on any atom is -0.395 e. The Bertz CT molecular complexity index is 718. The Balaban J connectivity index is 2.11. The molecule has 2 aromatic heterocycles. The molecule has 1 saturated heterocycles. The summed E-state index contributed by atoms with van der Waals surface area (Å²) in [6.45, 7) is 4.72. The van der Waals surface area contributed by atoms with Crippen molar-refractivity contribution in [1.29, 1.82) is 0 Å². The SMILES string of the molecule is Cc1[nH]c(C)c([C@@H]2[C@H](c3ccccn3)NC(=S)N2CCO)c1I. The Morgan fingerprint density at radius 3 is 2.70 bits per heavy atom. The topological polar surface area (TPSA) is 64.2 Å². The summed E-state index contributed by atoms with van der Waals surface area (Å²) in [6, 6.07) is 5.89. The smallest absolute Gasteiger partial charge is 0.170 e. The van der Waals surface area contributed by atoms with Gasteiger partial charge >= 0.3 is 0 Å². The number of thiocarbonyl (C=S) groups is 1. The molecule has 2 atom stereocenters. The van der Waals surface area contributed by atoms with E-state index in [1.54, 1.807) is 6.20 Å². The summed E-state index contributed by atoms with van der Waals surface area (Å²) >= 11 is 7.90. The van der Waals surface area contributed by atoms with Gasteiger partial charge in [-0.2, -0.15) is 0 Å². The summed E-state index contributed by atoms with van der Waals surface area (Å²) < 4.78 is 1.21. The molecule has 0 spiro atoms. The van der Waals surface area contributed by atoms with Gasteiger partial charge in [0, 0.05) is 33.3 Å². The summed E-state index contributed by atoms with van der Waals surface area (Å²) in [7, 11) is 0. The maximum absolute atomic E-state index is 9.46. The zero-order valence-electron chi connectivity index (χ0n) is 13.0. The summed E-state index contributed by atoms with van der Waals surface area (Å²) in [5.74, 6) is 0. The summed E-state index contributed by atoms with van der Waals surface area (Å²) in [6.07, 6.45) is 1.80. The monoisotopic (exact) mass is 442 g/mol. The first-order valence-electron chi connectivity index (χ1n) is 7.48. The van der Waals surface area contributed by atoms with E-state index < -0.39 is 0 Å². The third-order valence-electron chi connectivity index (χ3n) is 4.18. The molecular formula is C16H19IN4OS. The molecule has 7 heteroatoms. The quantitative estimate of drug-likeness (QED) is 0.502. The van der Waals surface area contributed by atoms with Crippen LogP contribution >= 0.6 is 34.8 Å². The minimum atomic E-state index is -0.0299. The van der Waals surface area contributed by atoms with Crippen LogP contribution in [0.3, 0.4) is 0 Å². The van der Waals surface area contributed by atoms with Crippen LogP contribution in [0.15, 0.2) is 24.4 Å². The van der Waals surface area contributed by atoms with Gasteiger partial charge in [-0.05, 0) is 60.8 Å². The molecule has 3 rings (SSSR count). The van der Waals surface area contributed by atoms with Gasteiger partial charge in [0.1, 0.15) is 0 Å². The van der Waals surface area contributed by atoms with Crippen molar-refractivity contribution in [1.82, 2.24) is 20.2 Å². The van der Waals surface area contributed by atoms with Gasteiger partial charge in [-0.15, -0.1) is 0 Å². The van der Waals surface area contributed by atoms with E-state index in [1.165, 1.54) is 9.13 Å². The lowest BCUT2D eigenvalue weighted by Gasteiger charge is -2.27. The fourth-order valence-electron chi connectivity index (χ4n) is 3.19. The molecule has 5 nitrogen and oxygen atoms in total. The molecule has 0 unspecified atom stereocenters. The average molecular weight is 442 g/mol. The number of halogens is 1. The number of H-pyrrole nitrogens is 1. The number of aromatic nitrogens is 2. The number of aromatic amines is 1. The number of aliphatic hydroxyl groups is 1. The summed E-state index contributed by atoms with van der Waals surface area (Å²) in [4.78, 5) is 9.98. The Hall–Kier alpha value is -1.19. The van der Waals surface area contributed by atoms with E-state index in [1.807, 2.05) is 18.2 Å². The normalized spacial score (nSPS) is 20.9. The highest BCUT2D eigenvalue weighted by Gasteiger charge is 2.41.